The van der Waals surface area contributed by atoms with E-state index < -0.39 is 16.9 Å². The molecule has 1 aliphatic rings. The maximum Gasteiger partial charge on any atom is 0.436 e. The van der Waals surface area contributed by atoms with Gasteiger partial charge in [-0.25, -0.2) is 0 Å². The lowest BCUT2D eigenvalue weighted by Gasteiger charge is -2.41. The highest BCUT2D eigenvalue weighted by Crippen LogP contribution is 2.37. The van der Waals surface area contributed by atoms with Gasteiger partial charge in [-0.1, -0.05) is 35.3 Å². The largest absolute Gasteiger partial charge is 0.436 e. The van der Waals surface area contributed by atoms with Crippen LogP contribution >= 0.6 is 23.2 Å². The summed E-state index contributed by atoms with van der Waals surface area (Å²) < 4.78 is 39.9. The zero-order valence-electron chi connectivity index (χ0n) is 15.8. The van der Waals surface area contributed by atoms with Gasteiger partial charge in [0.05, 0.1) is 10.7 Å². The van der Waals surface area contributed by atoms with Gasteiger partial charge in [0.1, 0.15) is 6.54 Å². The van der Waals surface area contributed by atoms with Crippen molar-refractivity contribution in [3.63, 3.8) is 0 Å². The molecule has 2 heterocycles. The Balaban J connectivity index is 1.70. The van der Waals surface area contributed by atoms with Gasteiger partial charge in [-0.05, 0) is 37.5 Å². The number of carbonyl (C=O) groups excluding carboxylic acids is 1. The third kappa shape index (κ3) is 4.39. The number of likely N-dealkylation sites (tertiary alicyclic amines) is 1. The molecule has 1 amide bonds. The fourth-order valence-corrected chi connectivity index (χ4v) is 4.05. The van der Waals surface area contributed by atoms with E-state index in [2.05, 4.69) is 5.10 Å². The standard InChI is InChI=1S/C19H21Cl2F3N4O/c1-12-16(21)17(19(22,23)24)26-28(12)10-15(29)27-8-6-18(11-25,7-9-27)13-2-4-14(20)5-3-13/h2-5H,6-11,25H2,1H3. The fourth-order valence-electron chi connectivity index (χ4n) is 3.69. The molecule has 158 valence electrons. The Morgan fingerprint density at radius 2 is 1.79 bits per heavy atom. The molecule has 0 aliphatic carbocycles. The molecule has 1 fully saturated rings. The van der Waals surface area contributed by atoms with Crippen LogP contribution in [-0.4, -0.2) is 40.2 Å². The zero-order chi connectivity index (χ0) is 21.4. The predicted octanol–water partition coefficient (Wildman–Crippen LogP) is 4.04. The molecular formula is C19H21Cl2F3N4O. The minimum atomic E-state index is -4.67. The molecule has 0 unspecified atom stereocenters. The highest BCUT2D eigenvalue weighted by Gasteiger charge is 2.39. The summed E-state index contributed by atoms with van der Waals surface area (Å²) in [5.74, 6) is -0.303. The molecule has 1 aromatic heterocycles. The summed E-state index contributed by atoms with van der Waals surface area (Å²) in [5.41, 5.74) is 5.82. The van der Waals surface area contributed by atoms with Gasteiger partial charge in [-0.15, -0.1) is 0 Å². The Hall–Kier alpha value is -1.77. The summed E-state index contributed by atoms with van der Waals surface area (Å²) in [6.07, 6.45) is -3.35. The van der Waals surface area contributed by atoms with Crippen molar-refractivity contribution in [3.05, 3.63) is 51.3 Å². The molecule has 0 saturated carbocycles. The molecule has 5 nitrogen and oxygen atoms in total. The first kappa shape index (κ1) is 21.9. The number of benzene rings is 1. The topological polar surface area (TPSA) is 64.2 Å². The number of hydrogen-bond donors (Lipinski definition) is 1. The number of halogens is 5. The van der Waals surface area contributed by atoms with E-state index in [9.17, 15) is 18.0 Å². The third-order valence-corrected chi connectivity index (χ3v) is 6.31. The van der Waals surface area contributed by atoms with Gasteiger partial charge in [-0.3, -0.25) is 9.48 Å². The molecule has 1 aliphatic heterocycles. The van der Waals surface area contributed by atoms with E-state index in [1.807, 2.05) is 24.3 Å². The summed E-state index contributed by atoms with van der Waals surface area (Å²) in [4.78, 5) is 14.3. The Morgan fingerprint density at radius 3 is 2.28 bits per heavy atom. The smallest absolute Gasteiger partial charge is 0.341 e. The SMILES string of the molecule is Cc1c(Cl)c(C(F)(F)F)nn1CC(=O)N1CCC(CN)(c2ccc(Cl)cc2)CC1. The normalized spacial score (nSPS) is 16.9. The predicted molar refractivity (Wildman–Crippen MR) is 105 cm³/mol. The van der Waals surface area contributed by atoms with Gasteiger partial charge >= 0.3 is 6.18 Å². The molecule has 3 rings (SSSR count). The van der Waals surface area contributed by atoms with Crippen molar-refractivity contribution >= 4 is 29.1 Å². The van der Waals surface area contributed by atoms with E-state index in [0.717, 1.165) is 10.2 Å². The van der Waals surface area contributed by atoms with E-state index in [-0.39, 0.29) is 23.6 Å². The molecule has 1 saturated heterocycles. The zero-order valence-corrected chi connectivity index (χ0v) is 17.3. The highest BCUT2D eigenvalue weighted by molar-refractivity contribution is 6.32. The maximum atomic E-state index is 13.0. The van der Waals surface area contributed by atoms with Crippen LogP contribution in [0.15, 0.2) is 24.3 Å². The molecule has 2 N–H and O–H groups in total. The summed E-state index contributed by atoms with van der Waals surface area (Å²) >= 11 is 11.7. The number of piperidine rings is 1. The Kier molecular flexibility index (Phi) is 6.17. The first-order valence-corrected chi connectivity index (χ1v) is 9.87. The van der Waals surface area contributed by atoms with Crippen molar-refractivity contribution in [1.29, 1.82) is 0 Å². The van der Waals surface area contributed by atoms with Crippen molar-refractivity contribution in [1.82, 2.24) is 14.7 Å². The van der Waals surface area contributed by atoms with E-state index in [1.165, 1.54) is 6.92 Å². The summed E-state index contributed by atoms with van der Waals surface area (Å²) in [7, 11) is 0. The van der Waals surface area contributed by atoms with Gasteiger partial charge in [0.25, 0.3) is 0 Å². The number of alkyl halides is 3. The second-order valence-corrected chi connectivity index (χ2v) is 8.09. The lowest BCUT2D eigenvalue weighted by Crippen LogP contribution is -2.49. The van der Waals surface area contributed by atoms with Crippen LogP contribution in [0, 0.1) is 6.92 Å². The monoisotopic (exact) mass is 448 g/mol. The number of carbonyl (C=O) groups is 1. The van der Waals surface area contributed by atoms with E-state index >= 15 is 0 Å². The average molecular weight is 449 g/mol. The number of hydrogen-bond acceptors (Lipinski definition) is 3. The van der Waals surface area contributed by atoms with Gasteiger partial charge in [0.2, 0.25) is 5.91 Å². The maximum absolute atomic E-state index is 13.0. The Labute approximate surface area is 176 Å². The summed E-state index contributed by atoms with van der Waals surface area (Å²) in [5, 5.41) is 3.66. The third-order valence-electron chi connectivity index (χ3n) is 5.61. The van der Waals surface area contributed by atoms with Crippen molar-refractivity contribution in [3.8, 4) is 0 Å². The number of aromatic nitrogens is 2. The molecule has 0 spiro atoms. The first-order chi connectivity index (χ1) is 13.6. The molecule has 2 aromatic rings. The van der Waals surface area contributed by atoms with Crippen molar-refractivity contribution in [2.45, 2.75) is 37.9 Å². The minimum absolute atomic E-state index is 0.113. The molecular weight excluding hydrogens is 428 g/mol. The number of nitrogens with two attached hydrogens (primary N) is 1. The Bertz CT molecular complexity index is 888. The van der Waals surface area contributed by atoms with E-state index in [4.69, 9.17) is 28.9 Å². The van der Waals surface area contributed by atoms with Crippen LogP contribution < -0.4 is 5.73 Å². The summed E-state index contributed by atoms with van der Waals surface area (Å²) in [6.45, 7) is 2.46. The van der Waals surface area contributed by atoms with E-state index in [1.54, 1.807) is 4.90 Å². The van der Waals surface area contributed by atoms with Crippen LogP contribution in [0.4, 0.5) is 13.2 Å². The number of nitrogens with zero attached hydrogens (tertiary/aromatic N) is 3. The van der Waals surface area contributed by atoms with Crippen molar-refractivity contribution < 1.29 is 18.0 Å². The lowest BCUT2D eigenvalue weighted by atomic mass is 9.73. The van der Waals surface area contributed by atoms with Crippen molar-refractivity contribution in [2.24, 2.45) is 5.73 Å². The molecule has 0 bridgehead atoms. The highest BCUT2D eigenvalue weighted by atomic mass is 35.5. The first-order valence-electron chi connectivity index (χ1n) is 9.11. The van der Waals surface area contributed by atoms with Gasteiger partial charge in [0, 0.05) is 30.1 Å². The van der Waals surface area contributed by atoms with Gasteiger partial charge in [-0.2, -0.15) is 18.3 Å². The summed E-state index contributed by atoms with van der Waals surface area (Å²) in [6, 6.07) is 7.52. The van der Waals surface area contributed by atoms with Crippen LogP contribution in [0.3, 0.4) is 0 Å². The molecule has 10 heteroatoms. The second-order valence-electron chi connectivity index (χ2n) is 7.28. The van der Waals surface area contributed by atoms with E-state index in [0.29, 0.717) is 37.5 Å². The van der Waals surface area contributed by atoms with Crippen LogP contribution in [0.25, 0.3) is 0 Å². The molecule has 29 heavy (non-hydrogen) atoms. The van der Waals surface area contributed by atoms with Crippen molar-refractivity contribution in [2.75, 3.05) is 19.6 Å². The average Bonchev–Trinajstić information content (AvgIpc) is 2.97. The quantitative estimate of drug-likeness (QED) is 0.767. The number of rotatable bonds is 4. The fraction of sp³-hybridized carbons (Fsp3) is 0.474. The molecule has 1 aromatic carbocycles. The van der Waals surface area contributed by atoms with Crippen LogP contribution in [0.2, 0.25) is 10.0 Å². The minimum Gasteiger partial charge on any atom is -0.341 e. The van der Waals surface area contributed by atoms with Gasteiger partial charge < -0.3 is 10.6 Å². The van der Waals surface area contributed by atoms with Gasteiger partial charge in [0.15, 0.2) is 5.69 Å². The lowest BCUT2D eigenvalue weighted by molar-refractivity contribution is -0.142. The van der Waals surface area contributed by atoms with Crippen LogP contribution in [-0.2, 0) is 22.9 Å². The molecule has 0 atom stereocenters. The second kappa shape index (κ2) is 8.16. The van der Waals surface area contributed by atoms with Crippen LogP contribution in [0.5, 0.6) is 0 Å². The van der Waals surface area contributed by atoms with Crippen LogP contribution in [0.1, 0.15) is 29.8 Å². The molecule has 0 radical (unpaired) electrons. The number of amides is 1. The Morgan fingerprint density at radius 1 is 1.21 bits per heavy atom.